The van der Waals surface area contributed by atoms with E-state index in [4.69, 9.17) is 10.5 Å². The van der Waals surface area contributed by atoms with Crippen LogP contribution in [0.15, 0.2) is 18.2 Å². The highest BCUT2D eigenvalue weighted by molar-refractivity contribution is 5.90. The van der Waals surface area contributed by atoms with Crippen LogP contribution in [0.4, 0.5) is 11.5 Å². The first kappa shape index (κ1) is 13.1. The number of nitrogens with two attached hydrogens (primary N) is 1. The molecule has 0 aliphatic rings. The summed E-state index contributed by atoms with van der Waals surface area (Å²) in [5, 5.41) is 11.7. The van der Waals surface area contributed by atoms with Crippen LogP contribution in [0.1, 0.15) is 25.3 Å². The van der Waals surface area contributed by atoms with Crippen molar-refractivity contribution >= 4 is 22.4 Å². The highest BCUT2D eigenvalue weighted by Crippen LogP contribution is 2.33. The molecule has 0 amide bonds. The third kappa shape index (κ3) is 2.29. The summed E-state index contributed by atoms with van der Waals surface area (Å²) in [5.74, 6) is 0.957. The van der Waals surface area contributed by atoms with Crippen molar-refractivity contribution in [3.8, 4) is 5.75 Å². The minimum Gasteiger partial charge on any atom is -0.496 e. The van der Waals surface area contributed by atoms with Crippen molar-refractivity contribution in [1.29, 1.82) is 0 Å². The fourth-order valence-corrected chi connectivity index (χ4v) is 1.99. The summed E-state index contributed by atoms with van der Waals surface area (Å²) in [6, 6.07) is 4.91. The van der Waals surface area contributed by atoms with E-state index in [1.54, 1.807) is 6.07 Å². The summed E-state index contributed by atoms with van der Waals surface area (Å²) < 4.78 is 5.08. The molecule has 6 heteroatoms. The van der Waals surface area contributed by atoms with Crippen LogP contribution in [0.25, 0.3) is 10.9 Å². The second-order valence-electron chi connectivity index (χ2n) is 4.59. The summed E-state index contributed by atoms with van der Waals surface area (Å²) in [6.45, 7) is 3.99. The van der Waals surface area contributed by atoms with Crippen molar-refractivity contribution in [2.75, 3.05) is 12.8 Å². The molecule has 0 bridgehead atoms. The number of ether oxygens (including phenoxy) is 1. The van der Waals surface area contributed by atoms with Crippen molar-refractivity contribution in [1.82, 2.24) is 4.98 Å². The van der Waals surface area contributed by atoms with Gasteiger partial charge in [0.05, 0.1) is 18.1 Å². The van der Waals surface area contributed by atoms with Gasteiger partial charge in [-0.2, -0.15) is 0 Å². The summed E-state index contributed by atoms with van der Waals surface area (Å²) in [6.07, 6.45) is 0. The Labute approximate surface area is 110 Å². The number of nitrogens with zero attached hydrogens (tertiary/aromatic N) is 2. The van der Waals surface area contributed by atoms with E-state index in [1.807, 2.05) is 19.9 Å². The van der Waals surface area contributed by atoms with Gasteiger partial charge in [0.25, 0.3) is 5.69 Å². The third-order valence-corrected chi connectivity index (χ3v) is 2.99. The molecule has 19 heavy (non-hydrogen) atoms. The van der Waals surface area contributed by atoms with Gasteiger partial charge in [-0.05, 0) is 23.6 Å². The first-order valence-corrected chi connectivity index (χ1v) is 5.86. The number of nitrogen functional groups attached to an aromatic ring is 1. The first-order chi connectivity index (χ1) is 8.93. The van der Waals surface area contributed by atoms with Crippen molar-refractivity contribution < 1.29 is 9.66 Å². The number of rotatable bonds is 3. The summed E-state index contributed by atoms with van der Waals surface area (Å²) in [5.41, 5.74) is 6.92. The van der Waals surface area contributed by atoms with Gasteiger partial charge in [0.2, 0.25) is 0 Å². The lowest BCUT2D eigenvalue weighted by Crippen LogP contribution is -2.02. The molecule has 2 aromatic rings. The number of hydrogen-bond acceptors (Lipinski definition) is 5. The minimum absolute atomic E-state index is 0.101. The third-order valence-electron chi connectivity index (χ3n) is 2.99. The Morgan fingerprint density at radius 2 is 2.05 bits per heavy atom. The molecule has 100 valence electrons. The van der Waals surface area contributed by atoms with Gasteiger partial charge in [-0.1, -0.05) is 13.8 Å². The van der Waals surface area contributed by atoms with Crippen LogP contribution in [-0.2, 0) is 0 Å². The van der Waals surface area contributed by atoms with Crippen LogP contribution in [0.5, 0.6) is 5.75 Å². The maximum absolute atomic E-state index is 11.1. The Morgan fingerprint density at radius 3 is 2.58 bits per heavy atom. The van der Waals surface area contributed by atoms with Crippen LogP contribution in [-0.4, -0.2) is 17.0 Å². The fraction of sp³-hybridized carbons (Fsp3) is 0.308. The minimum atomic E-state index is -0.480. The van der Waals surface area contributed by atoms with Crippen molar-refractivity contribution in [3.63, 3.8) is 0 Å². The van der Waals surface area contributed by atoms with Crippen LogP contribution in [0.2, 0.25) is 0 Å². The van der Waals surface area contributed by atoms with E-state index in [2.05, 4.69) is 4.98 Å². The van der Waals surface area contributed by atoms with Gasteiger partial charge in [-0.15, -0.1) is 0 Å². The molecule has 0 spiro atoms. The molecule has 6 nitrogen and oxygen atoms in total. The number of aromatic nitrogens is 1. The SMILES string of the molecule is COc1cc([N+](=O)[O-])c2nc(N)c(C(C)C)cc2c1. The molecule has 0 fully saturated rings. The normalized spacial score (nSPS) is 10.9. The molecule has 0 saturated heterocycles. The monoisotopic (exact) mass is 261 g/mol. The highest BCUT2D eigenvalue weighted by atomic mass is 16.6. The number of anilines is 1. The Hall–Kier alpha value is -2.37. The van der Waals surface area contributed by atoms with E-state index in [1.165, 1.54) is 13.2 Å². The number of benzene rings is 1. The maximum atomic E-state index is 11.1. The largest absolute Gasteiger partial charge is 0.496 e. The van der Waals surface area contributed by atoms with Gasteiger partial charge >= 0.3 is 0 Å². The number of fused-ring (bicyclic) bond motifs is 1. The van der Waals surface area contributed by atoms with Gasteiger partial charge < -0.3 is 10.5 Å². The molecular weight excluding hydrogens is 246 g/mol. The van der Waals surface area contributed by atoms with Crippen LogP contribution in [0.3, 0.4) is 0 Å². The van der Waals surface area contributed by atoms with Gasteiger partial charge in [0.15, 0.2) is 5.52 Å². The highest BCUT2D eigenvalue weighted by Gasteiger charge is 2.18. The lowest BCUT2D eigenvalue weighted by Gasteiger charge is -2.11. The second-order valence-corrected chi connectivity index (χ2v) is 4.59. The molecule has 1 aromatic carbocycles. The van der Waals surface area contributed by atoms with Crippen molar-refractivity contribution in [2.45, 2.75) is 19.8 Å². The molecule has 2 N–H and O–H groups in total. The lowest BCUT2D eigenvalue weighted by atomic mass is 10.0. The smallest absolute Gasteiger partial charge is 0.299 e. The number of nitro groups is 1. The molecule has 2 rings (SSSR count). The van der Waals surface area contributed by atoms with Gasteiger partial charge in [0, 0.05) is 5.39 Å². The number of hydrogen-bond donors (Lipinski definition) is 1. The zero-order chi connectivity index (χ0) is 14.2. The van der Waals surface area contributed by atoms with Crippen molar-refractivity contribution in [3.05, 3.63) is 33.9 Å². The van der Waals surface area contributed by atoms with Crippen LogP contribution in [0, 0.1) is 10.1 Å². The number of methoxy groups -OCH3 is 1. The summed E-state index contributed by atoms with van der Waals surface area (Å²) in [7, 11) is 1.47. The fourth-order valence-electron chi connectivity index (χ4n) is 1.99. The molecule has 0 aliphatic carbocycles. The lowest BCUT2D eigenvalue weighted by molar-refractivity contribution is -0.383. The molecular formula is C13H15N3O3. The second kappa shape index (κ2) is 4.72. The molecule has 0 saturated carbocycles. The first-order valence-electron chi connectivity index (χ1n) is 5.86. The van der Waals surface area contributed by atoms with E-state index in [9.17, 15) is 10.1 Å². The van der Waals surface area contributed by atoms with E-state index < -0.39 is 4.92 Å². The molecule has 0 aliphatic heterocycles. The predicted octanol–water partition coefficient (Wildman–Crippen LogP) is 2.86. The predicted molar refractivity (Wildman–Crippen MR) is 73.5 cm³/mol. The van der Waals surface area contributed by atoms with Crippen molar-refractivity contribution in [2.24, 2.45) is 0 Å². The average molecular weight is 261 g/mol. The molecule has 0 atom stereocenters. The number of nitro benzene ring substituents is 1. The summed E-state index contributed by atoms with van der Waals surface area (Å²) in [4.78, 5) is 14.8. The van der Waals surface area contributed by atoms with Gasteiger partial charge in [-0.25, -0.2) is 4.98 Å². The number of non-ortho nitro benzene ring substituents is 1. The molecule has 0 unspecified atom stereocenters. The van der Waals surface area contributed by atoms with Gasteiger partial charge in [0.1, 0.15) is 11.6 Å². The Kier molecular flexibility index (Phi) is 3.25. The maximum Gasteiger partial charge on any atom is 0.299 e. The molecule has 1 aromatic heterocycles. The standard InChI is InChI=1S/C13H15N3O3/c1-7(2)10-5-8-4-9(19-3)6-11(16(17)18)12(8)15-13(10)14/h4-7H,1-3H3,(H2,14,15). The quantitative estimate of drug-likeness (QED) is 0.677. The number of pyridine rings is 1. The average Bonchev–Trinajstić information content (AvgIpc) is 2.36. The Bertz CT molecular complexity index is 653. The van der Waals surface area contributed by atoms with E-state index >= 15 is 0 Å². The zero-order valence-electron chi connectivity index (χ0n) is 11.0. The Morgan fingerprint density at radius 1 is 1.37 bits per heavy atom. The summed E-state index contributed by atoms with van der Waals surface area (Å²) >= 11 is 0. The van der Waals surface area contributed by atoms with Gasteiger partial charge in [-0.3, -0.25) is 10.1 Å². The zero-order valence-corrected chi connectivity index (χ0v) is 11.0. The van der Waals surface area contributed by atoms with E-state index in [0.29, 0.717) is 17.0 Å². The van der Waals surface area contributed by atoms with Crippen LogP contribution >= 0.6 is 0 Å². The Balaban J connectivity index is 2.82. The topological polar surface area (TPSA) is 91.3 Å². The van der Waals surface area contributed by atoms with Crippen LogP contribution < -0.4 is 10.5 Å². The molecule has 1 heterocycles. The van der Waals surface area contributed by atoms with E-state index in [-0.39, 0.29) is 17.1 Å². The van der Waals surface area contributed by atoms with E-state index in [0.717, 1.165) is 5.56 Å². The molecule has 0 radical (unpaired) electrons.